The third-order valence-corrected chi connectivity index (χ3v) is 4.21. The summed E-state index contributed by atoms with van der Waals surface area (Å²) in [7, 11) is 0. The van der Waals surface area contributed by atoms with Gasteiger partial charge in [0.05, 0.1) is 16.7 Å². The monoisotopic (exact) mass is 324 g/mol. The fourth-order valence-electron chi connectivity index (χ4n) is 2.52. The molecule has 0 bridgehead atoms. The van der Waals surface area contributed by atoms with E-state index in [-0.39, 0.29) is 5.69 Å². The van der Waals surface area contributed by atoms with E-state index in [1.807, 2.05) is 12.1 Å². The van der Waals surface area contributed by atoms with Crippen molar-refractivity contribution in [3.63, 3.8) is 0 Å². The van der Waals surface area contributed by atoms with Crippen LogP contribution in [0.2, 0.25) is 0 Å². The van der Waals surface area contributed by atoms with Crippen LogP contribution < -0.4 is 16.3 Å². The normalized spacial score (nSPS) is 19.7. The van der Waals surface area contributed by atoms with Gasteiger partial charge in [0.25, 0.3) is 0 Å². The van der Waals surface area contributed by atoms with Crippen LogP contribution >= 0.6 is 15.9 Å². The lowest BCUT2D eigenvalue weighted by Crippen LogP contribution is -2.39. The topological polar surface area (TPSA) is 72.7 Å². The van der Waals surface area contributed by atoms with Crippen LogP contribution in [0.25, 0.3) is 11.0 Å². The second-order valence-electron chi connectivity index (χ2n) is 4.98. The van der Waals surface area contributed by atoms with Crippen LogP contribution in [0.3, 0.4) is 0 Å². The molecular weight excluding hydrogens is 308 g/mol. The Balaban J connectivity index is 1.76. The molecule has 102 valence electrons. The van der Waals surface area contributed by atoms with Gasteiger partial charge in [0.2, 0.25) is 0 Å². The molecule has 1 atom stereocenters. The summed E-state index contributed by atoms with van der Waals surface area (Å²) in [6, 6.07) is 4.41. The van der Waals surface area contributed by atoms with Gasteiger partial charge < -0.3 is 20.6 Å². The summed E-state index contributed by atoms with van der Waals surface area (Å²) >= 11 is 3.53. The molecule has 1 aromatic heterocycles. The third-order valence-electron chi connectivity index (χ3n) is 3.55. The van der Waals surface area contributed by atoms with Crippen molar-refractivity contribution >= 4 is 32.7 Å². The fourth-order valence-corrected chi connectivity index (χ4v) is 3.01. The number of anilines is 1. The van der Waals surface area contributed by atoms with Gasteiger partial charge in [0, 0.05) is 17.1 Å². The summed E-state index contributed by atoms with van der Waals surface area (Å²) in [5, 5.41) is 6.95. The van der Waals surface area contributed by atoms with Crippen LogP contribution in [0.15, 0.2) is 21.4 Å². The van der Waals surface area contributed by atoms with Crippen molar-refractivity contribution in [3.05, 3.63) is 27.1 Å². The van der Waals surface area contributed by atoms with Crippen LogP contribution in [-0.2, 0) is 0 Å². The second kappa shape index (κ2) is 5.38. The van der Waals surface area contributed by atoms with E-state index in [1.54, 1.807) is 0 Å². The van der Waals surface area contributed by atoms with E-state index >= 15 is 0 Å². The molecule has 0 amide bonds. The van der Waals surface area contributed by atoms with Crippen molar-refractivity contribution in [2.45, 2.75) is 25.3 Å². The minimum atomic E-state index is -0.173. The molecule has 0 spiro atoms. The Bertz CT molecular complexity index is 627. The predicted molar refractivity (Wildman–Crippen MR) is 80.8 cm³/mol. The highest BCUT2D eigenvalue weighted by atomic mass is 79.9. The lowest BCUT2D eigenvalue weighted by atomic mass is 10.1. The lowest BCUT2D eigenvalue weighted by Gasteiger charge is -2.24. The summed E-state index contributed by atoms with van der Waals surface area (Å²) in [5.74, 6) is 0. The first-order chi connectivity index (χ1) is 9.22. The first-order valence-corrected chi connectivity index (χ1v) is 7.40. The van der Waals surface area contributed by atoms with Crippen LogP contribution in [-0.4, -0.2) is 29.1 Å². The van der Waals surface area contributed by atoms with Gasteiger partial charge in [-0.05, 0) is 47.4 Å². The number of rotatable bonds is 3. The first-order valence-electron chi connectivity index (χ1n) is 6.61. The second-order valence-corrected chi connectivity index (χ2v) is 5.84. The molecule has 1 fully saturated rings. The van der Waals surface area contributed by atoms with E-state index in [9.17, 15) is 4.79 Å². The van der Waals surface area contributed by atoms with Gasteiger partial charge >= 0.3 is 5.69 Å². The standard InChI is InChI=1S/C13H17BrN4O/c14-9-5-11-12(18-13(19)17-11)6-10(9)16-7-8-3-1-2-4-15-8/h5-6,8,15-16H,1-4,7H2,(H2,17,18,19). The van der Waals surface area contributed by atoms with E-state index in [0.717, 1.165) is 34.3 Å². The minimum Gasteiger partial charge on any atom is -0.383 e. The van der Waals surface area contributed by atoms with Crippen LogP contribution in [0, 0.1) is 0 Å². The molecule has 5 nitrogen and oxygen atoms in total. The van der Waals surface area contributed by atoms with Gasteiger partial charge in [-0.1, -0.05) is 6.42 Å². The quantitative estimate of drug-likeness (QED) is 0.699. The minimum absolute atomic E-state index is 0.173. The number of piperidine rings is 1. The summed E-state index contributed by atoms with van der Waals surface area (Å²) in [6.07, 6.45) is 3.79. The maximum absolute atomic E-state index is 11.3. The Morgan fingerprint density at radius 2 is 2.05 bits per heavy atom. The molecule has 1 aromatic carbocycles. The van der Waals surface area contributed by atoms with Crippen molar-refractivity contribution in [2.75, 3.05) is 18.4 Å². The molecular formula is C13H17BrN4O. The van der Waals surface area contributed by atoms with Crippen molar-refractivity contribution < 1.29 is 0 Å². The summed E-state index contributed by atoms with van der Waals surface area (Å²) < 4.78 is 0.964. The zero-order valence-electron chi connectivity index (χ0n) is 10.6. The van der Waals surface area contributed by atoms with Gasteiger partial charge in [-0.25, -0.2) is 4.79 Å². The molecule has 1 unspecified atom stereocenters. The Hall–Kier alpha value is -1.27. The zero-order valence-corrected chi connectivity index (χ0v) is 12.1. The number of aromatic amines is 2. The molecule has 1 saturated heterocycles. The van der Waals surface area contributed by atoms with Gasteiger partial charge in [0.1, 0.15) is 0 Å². The highest BCUT2D eigenvalue weighted by Crippen LogP contribution is 2.26. The number of aromatic nitrogens is 2. The molecule has 6 heteroatoms. The molecule has 2 heterocycles. The molecule has 2 aromatic rings. The Morgan fingerprint density at radius 3 is 2.79 bits per heavy atom. The van der Waals surface area contributed by atoms with Crippen LogP contribution in [0.1, 0.15) is 19.3 Å². The molecule has 0 radical (unpaired) electrons. The number of hydrogen-bond acceptors (Lipinski definition) is 3. The predicted octanol–water partition coefficient (Wildman–Crippen LogP) is 2.17. The van der Waals surface area contributed by atoms with E-state index in [4.69, 9.17) is 0 Å². The Labute approximate surface area is 119 Å². The van der Waals surface area contributed by atoms with Crippen molar-refractivity contribution in [1.29, 1.82) is 0 Å². The van der Waals surface area contributed by atoms with Crippen LogP contribution in [0.4, 0.5) is 5.69 Å². The third kappa shape index (κ3) is 2.84. The molecule has 3 rings (SSSR count). The van der Waals surface area contributed by atoms with Gasteiger partial charge in [-0.2, -0.15) is 0 Å². The smallest absolute Gasteiger partial charge is 0.323 e. The van der Waals surface area contributed by atoms with E-state index in [1.165, 1.54) is 19.3 Å². The van der Waals surface area contributed by atoms with Gasteiger partial charge in [-0.3, -0.25) is 0 Å². The van der Waals surface area contributed by atoms with E-state index in [2.05, 4.69) is 36.5 Å². The average Bonchev–Trinajstić information content (AvgIpc) is 2.76. The van der Waals surface area contributed by atoms with Crippen LogP contribution in [0.5, 0.6) is 0 Å². The van der Waals surface area contributed by atoms with Crippen molar-refractivity contribution in [3.8, 4) is 0 Å². The van der Waals surface area contributed by atoms with E-state index < -0.39 is 0 Å². The molecule has 1 aliphatic heterocycles. The highest BCUT2D eigenvalue weighted by molar-refractivity contribution is 9.10. The number of halogens is 1. The molecule has 1 aliphatic rings. The van der Waals surface area contributed by atoms with E-state index in [0.29, 0.717) is 6.04 Å². The number of fused-ring (bicyclic) bond motifs is 1. The maximum atomic E-state index is 11.3. The molecule has 0 aliphatic carbocycles. The molecule has 0 saturated carbocycles. The fraction of sp³-hybridized carbons (Fsp3) is 0.462. The van der Waals surface area contributed by atoms with Crippen molar-refractivity contribution in [1.82, 2.24) is 15.3 Å². The lowest BCUT2D eigenvalue weighted by molar-refractivity contribution is 0.414. The summed E-state index contributed by atoms with van der Waals surface area (Å²) in [4.78, 5) is 16.8. The number of H-pyrrole nitrogens is 2. The largest absolute Gasteiger partial charge is 0.383 e. The Kier molecular flexibility index (Phi) is 3.61. The Morgan fingerprint density at radius 1 is 1.26 bits per heavy atom. The number of benzene rings is 1. The molecule has 4 N–H and O–H groups in total. The zero-order chi connectivity index (χ0) is 13.2. The molecule has 19 heavy (non-hydrogen) atoms. The van der Waals surface area contributed by atoms with Gasteiger partial charge in [-0.15, -0.1) is 0 Å². The van der Waals surface area contributed by atoms with Gasteiger partial charge in [0.15, 0.2) is 0 Å². The van der Waals surface area contributed by atoms with Crippen molar-refractivity contribution in [2.24, 2.45) is 0 Å². The number of hydrogen-bond donors (Lipinski definition) is 4. The first kappa shape index (κ1) is 12.7. The highest BCUT2D eigenvalue weighted by Gasteiger charge is 2.13. The number of imidazole rings is 1. The maximum Gasteiger partial charge on any atom is 0.323 e. The average molecular weight is 325 g/mol. The summed E-state index contributed by atoms with van der Waals surface area (Å²) in [6.45, 7) is 2.01. The SMILES string of the molecule is O=c1[nH]c2cc(Br)c(NCC3CCCCN3)cc2[nH]1. The number of nitrogens with one attached hydrogen (secondary N) is 4. The summed E-state index contributed by atoms with van der Waals surface area (Å²) in [5.41, 5.74) is 2.48.